The fourth-order valence-electron chi connectivity index (χ4n) is 0.452. The summed E-state index contributed by atoms with van der Waals surface area (Å²) in [6, 6.07) is 0. The third kappa shape index (κ3) is 15.3. The Labute approximate surface area is 123 Å². The van der Waals surface area contributed by atoms with Crippen LogP contribution in [0.1, 0.15) is 0 Å². The molecule has 2 N–H and O–H groups in total. The number of hydrogen-bond acceptors (Lipinski definition) is 5. The summed E-state index contributed by atoms with van der Waals surface area (Å²) >= 11 is 17.0. The van der Waals surface area contributed by atoms with Gasteiger partial charge in [0, 0.05) is 13.1 Å². The first-order valence-electron chi connectivity index (χ1n) is 3.70. The minimum atomic E-state index is 0.492. The summed E-state index contributed by atoms with van der Waals surface area (Å²) in [7, 11) is 5.34. The van der Waals surface area contributed by atoms with E-state index in [9.17, 15) is 0 Å². The Balaban J connectivity index is 0.000000322. The van der Waals surface area contributed by atoms with E-state index in [1.54, 1.807) is 31.4 Å². The number of hydrogen-bond donors (Lipinski definition) is 4. The van der Waals surface area contributed by atoms with E-state index < -0.39 is 0 Å². The van der Waals surface area contributed by atoms with Crippen LogP contribution in [-0.4, -0.2) is 21.7 Å². The van der Waals surface area contributed by atoms with Crippen LogP contribution < -0.4 is 10.6 Å². The van der Waals surface area contributed by atoms with Crippen LogP contribution in [-0.2, 0) is 0 Å². The largest absolute Gasteiger partial charge is 0.369 e. The molecule has 0 spiro atoms. The van der Waals surface area contributed by atoms with Crippen LogP contribution in [0.15, 0.2) is 10.8 Å². The third-order valence-electron chi connectivity index (χ3n) is 0.923. The average Bonchev–Trinajstić information content (AvgIpc) is 2.69. The summed E-state index contributed by atoms with van der Waals surface area (Å²) in [4.78, 5) is 0. The highest BCUT2D eigenvalue weighted by molar-refractivity contribution is 9.11. The number of thiocarbonyl (C=S) groups is 2. The Morgan fingerprint density at radius 2 is 1.40 bits per heavy atom. The predicted octanol–water partition coefficient (Wildman–Crippen LogP) is 3.10. The maximum absolute atomic E-state index is 4.65. The molecule has 0 radical (unpaired) electrons. The Kier molecular flexibility index (Phi) is 12.7. The van der Waals surface area contributed by atoms with Crippen molar-refractivity contribution in [3.63, 3.8) is 0 Å². The second-order valence-corrected chi connectivity index (χ2v) is 8.17. The van der Waals surface area contributed by atoms with Crippen molar-refractivity contribution in [2.24, 2.45) is 0 Å². The van der Waals surface area contributed by atoms with Gasteiger partial charge in [0.25, 0.3) is 0 Å². The maximum Gasteiger partial charge on any atom is 0.130 e. The molecule has 0 atom stereocenters. The fourth-order valence-corrected chi connectivity index (χ4v) is 3.83. The van der Waals surface area contributed by atoms with Crippen molar-refractivity contribution in [2.75, 3.05) is 13.1 Å². The monoisotopic (exact) mass is 334 g/mol. The van der Waals surface area contributed by atoms with Gasteiger partial charge in [-0.1, -0.05) is 46.0 Å². The van der Waals surface area contributed by atoms with E-state index in [2.05, 4.69) is 71.1 Å². The van der Waals surface area contributed by atoms with Gasteiger partial charge in [0.1, 0.15) is 8.64 Å². The first-order chi connectivity index (χ1) is 7.13. The van der Waals surface area contributed by atoms with E-state index >= 15 is 0 Å². The van der Waals surface area contributed by atoms with Gasteiger partial charge < -0.3 is 10.6 Å². The molecule has 15 heavy (non-hydrogen) atoms. The second kappa shape index (κ2) is 11.7. The third-order valence-corrected chi connectivity index (χ3v) is 4.90. The molecule has 0 bridgehead atoms. The van der Waals surface area contributed by atoms with Crippen molar-refractivity contribution in [3.8, 4) is 0 Å². The molecule has 0 aromatic heterocycles. The normalized spacial score (nSPS) is 12.7. The molecule has 0 saturated heterocycles. The summed E-state index contributed by atoms with van der Waals surface area (Å²) in [6.45, 7) is 1.42. The lowest BCUT2D eigenvalue weighted by Crippen LogP contribution is -2.29. The Morgan fingerprint density at radius 1 is 1.00 bits per heavy atom. The van der Waals surface area contributed by atoms with Crippen molar-refractivity contribution in [1.29, 1.82) is 0 Å². The summed E-state index contributed by atoms with van der Waals surface area (Å²) in [5, 5.41) is 9.84. The molecule has 0 saturated carbocycles. The molecular weight excluding hydrogens is 325 g/mol. The Morgan fingerprint density at radius 3 is 1.60 bits per heavy atom. The highest BCUT2D eigenvalue weighted by Crippen LogP contribution is 2.42. The molecule has 86 valence electrons. The molecular formula is C6H10N2S7. The average molecular weight is 335 g/mol. The van der Waals surface area contributed by atoms with E-state index in [-0.39, 0.29) is 0 Å². The zero-order valence-electron chi connectivity index (χ0n) is 7.50. The highest BCUT2D eigenvalue weighted by Gasteiger charge is 1.88. The van der Waals surface area contributed by atoms with Crippen molar-refractivity contribution < 1.29 is 0 Å². The number of thiol groups is 2. The van der Waals surface area contributed by atoms with Gasteiger partial charge in [-0.3, -0.25) is 0 Å². The summed E-state index contributed by atoms with van der Waals surface area (Å²) in [6.07, 6.45) is 0. The quantitative estimate of drug-likeness (QED) is 0.272. The molecule has 0 unspecified atom stereocenters. The second-order valence-electron chi connectivity index (χ2n) is 2.00. The van der Waals surface area contributed by atoms with Gasteiger partial charge in [0.05, 0.1) is 0 Å². The van der Waals surface area contributed by atoms with Crippen molar-refractivity contribution in [1.82, 2.24) is 10.6 Å². The van der Waals surface area contributed by atoms with Crippen LogP contribution in [0.5, 0.6) is 0 Å². The molecule has 1 aliphatic rings. The molecule has 0 fully saturated rings. The van der Waals surface area contributed by atoms with Crippen molar-refractivity contribution in [3.05, 3.63) is 10.8 Å². The molecule has 1 heterocycles. The smallest absolute Gasteiger partial charge is 0.130 e. The minimum Gasteiger partial charge on any atom is -0.369 e. The van der Waals surface area contributed by atoms with E-state index in [1.807, 2.05) is 0 Å². The van der Waals surface area contributed by atoms with Crippen molar-refractivity contribution in [2.45, 2.75) is 0 Å². The van der Waals surface area contributed by atoms with Gasteiger partial charge >= 0.3 is 0 Å². The molecule has 0 amide bonds. The van der Waals surface area contributed by atoms with Gasteiger partial charge in [-0.05, 0) is 20.6 Å². The maximum atomic E-state index is 4.65. The van der Waals surface area contributed by atoms with Gasteiger partial charge in [0.2, 0.25) is 0 Å². The molecule has 0 aromatic rings. The standard InChI is InChI=1S/C4H8N2S4.C2H2S3/c7-3(8)5-1-2-6-4(9)10;1-2-4-5-3-1/h1-2H2,(H2,5,7,8)(H2,6,9,10);1-2H. The molecule has 1 aliphatic heterocycles. The van der Waals surface area contributed by atoms with Crippen molar-refractivity contribution >= 4 is 89.7 Å². The van der Waals surface area contributed by atoms with Crippen LogP contribution in [0.25, 0.3) is 0 Å². The lowest BCUT2D eigenvalue weighted by molar-refractivity contribution is 0.834. The van der Waals surface area contributed by atoms with Crippen LogP contribution >= 0.6 is 81.1 Å². The number of rotatable bonds is 3. The van der Waals surface area contributed by atoms with E-state index in [0.717, 1.165) is 0 Å². The molecule has 2 nitrogen and oxygen atoms in total. The molecule has 0 aromatic carbocycles. The Hall–Kier alpha value is 1.27. The fraction of sp³-hybridized carbons (Fsp3) is 0.333. The van der Waals surface area contributed by atoms with E-state index in [0.29, 0.717) is 21.7 Å². The van der Waals surface area contributed by atoms with Gasteiger partial charge in [-0.25, -0.2) is 0 Å². The zero-order chi connectivity index (χ0) is 11.5. The molecule has 1 rings (SSSR count). The minimum absolute atomic E-state index is 0.492. The van der Waals surface area contributed by atoms with Crippen LogP contribution in [0, 0.1) is 0 Å². The highest BCUT2D eigenvalue weighted by atomic mass is 33.5. The van der Waals surface area contributed by atoms with Crippen LogP contribution in [0.4, 0.5) is 0 Å². The zero-order valence-corrected chi connectivity index (χ0v) is 13.4. The lowest BCUT2D eigenvalue weighted by atomic mass is 10.6. The van der Waals surface area contributed by atoms with Gasteiger partial charge in [0.15, 0.2) is 0 Å². The first-order valence-corrected chi connectivity index (χ1v) is 9.02. The first kappa shape index (κ1) is 16.3. The Bertz CT molecular complexity index is 208. The van der Waals surface area contributed by atoms with Crippen LogP contribution in [0.2, 0.25) is 0 Å². The van der Waals surface area contributed by atoms with Crippen LogP contribution in [0.3, 0.4) is 0 Å². The van der Waals surface area contributed by atoms with Gasteiger partial charge in [-0.2, -0.15) is 0 Å². The summed E-state index contributed by atoms with van der Waals surface area (Å²) in [5.74, 6) is 0. The predicted molar refractivity (Wildman–Crippen MR) is 91.1 cm³/mol. The van der Waals surface area contributed by atoms with Gasteiger partial charge in [-0.15, -0.1) is 25.3 Å². The topological polar surface area (TPSA) is 24.1 Å². The van der Waals surface area contributed by atoms with E-state index in [1.165, 1.54) is 0 Å². The SMILES string of the molecule is C1=CSSS1.S=C(S)NCCNC(=S)S. The molecule has 0 aliphatic carbocycles. The lowest BCUT2D eigenvalue weighted by Gasteiger charge is -2.03. The summed E-state index contributed by atoms with van der Waals surface area (Å²) < 4.78 is 0.985. The van der Waals surface area contributed by atoms with E-state index in [4.69, 9.17) is 0 Å². The summed E-state index contributed by atoms with van der Waals surface area (Å²) in [5.41, 5.74) is 0. The number of nitrogens with one attached hydrogen (secondary N) is 2. The molecule has 9 heteroatoms.